The van der Waals surface area contributed by atoms with Crippen molar-refractivity contribution in [3.63, 3.8) is 0 Å². The Bertz CT molecular complexity index is 585. The molecule has 0 N–H and O–H groups in total. The molecule has 0 aromatic heterocycles. The number of halogens is 3. The van der Waals surface area contributed by atoms with Crippen LogP contribution in [-0.4, -0.2) is 12.3 Å². The fraction of sp³-hybridized carbons (Fsp3) is 0.714. The van der Waals surface area contributed by atoms with E-state index in [1.54, 1.807) is 0 Å². The lowest BCUT2D eigenvalue weighted by atomic mass is 9.69. The highest BCUT2D eigenvalue weighted by atomic mass is 19.2. The minimum absolute atomic E-state index is 0.191. The van der Waals surface area contributed by atoms with Gasteiger partial charge in [0.05, 0.1) is 0 Å². The molecule has 1 aromatic carbocycles. The van der Waals surface area contributed by atoms with Crippen molar-refractivity contribution in [3.05, 3.63) is 29.3 Å². The lowest BCUT2D eigenvalue weighted by Gasteiger charge is -2.39. The van der Waals surface area contributed by atoms with E-state index < -0.39 is 17.3 Å². The molecule has 0 atom stereocenters. The molecule has 2 fully saturated rings. The first-order valence-electron chi connectivity index (χ1n) is 9.64. The molecule has 0 bridgehead atoms. The Morgan fingerprint density at radius 3 is 2.20 bits per heavy atom. The smallest absolute Gasteiger partial charge is 0.200 e. The van der Waals surface area contributed by atoms with Crippen LogP contribution in [0.4, 0.5) is 13.2 Å². The van der Waals surface area contributed by atoms with Crippen molar-refractivity contribution < 1.29 is 17.9 Å². The van der Waals surface area contributed by atoms with Crippen molar-refractivity contribution in [3.8, 4) is 5.75 Å². The minimum Gasteiger partial charge on any atom is -0.487 e. The zero-order valence-corrected chi connectivity index (χ0v) is 15.3. The van der Waals surface area contributed by atoms with E-state index in [2.05, 4.69) is 6.92 Å². The molecule has 0 radical (unpaired) electrons. The molecular formula is C21H29F3O. The van der Waals surface area contributed by atoms with Crippen LogP contribution in [0.25, 0.3) is 0 Å². The number of benzene rings is 1. The van der Waals surface area contributed by atoms with E-state index in [9.17, 15) is 8.78 Å². The van der Waals surface area contributed by atoms with Crippen LogP contribution in [0, 0.1) is 36.3 Å². The summed E-state index contributed by atoms with van der Waals surface area (Å²) in [4.78, 5) is 0. The summed E-state index contributed by atoms with van der Waals surface area (Å²) in [5.41, 5.74) is -1.20. The SMILES string of the molecule is Cc1ccc(OCC2(F)CCC(C3CCC(C)CC3)CC2)c(F)c1F. The highest BCUT2D eigenvalue weighted by Gasteiger charge is 2.39. The summed E-state index contributed by atoms with van der Waals surface area (Å²) in [5, 5.41) is 0. The Labute approximate surface area is 149 Å². The molecule has 25 heavy (non-hydrogen) atoms. The summed E-state index contributed by atoms with van der Waals surface area (Å²) in [6.07, 6.45) is 7.81. The number of alkyl halides is 1. The topological polar surface area (TPSA) is 9.23 Å². The molecule has 0 unspecified atom stereocenters. The average molecular weight is 354 g/mol. The van der Waals surface area contributed by atoms with Gasteiger partial charge in [-0.3, -0.25) is 0 Å². The van der Waals surface area contributed by atoms with E-state index in [0.717, 1.165) is 24.7 Å². The van der Waals surface area contributed by atoms with Gasteiger partial charge in [0.25, 0.3) is 0 Å². The van der Waals surface area contributed by atoms with Gasteiger partial charge in [-0.1, -0.05) is 25.8 Å². The van der Waals surface area contributed by atoms with E-state index in [0.29, 0.717) is 18.8 Å². The molecule has 2 aliphatic rings. The standard InChI is InChI=1S/C21H29F3O/c1-14-3-6-16(7-4-14)17-9-11-21(24,12-10-17)13-25-18-8-5-15(2)19(22)20(18)23/h5,8,14,16-17H,3-4,6-7,9-13H2,1-2H3. The molecule has 2 saturated carbocycles. The zero-order valence-electron chi connectivity index (χ0n) is 15.3. The lowest BCUT2D eigenvalue weighted by molar-refractivity contribution is 0.0156. The van der Waals surface area contributed by atoms with Crippen LogP contribution in [0.5, 0.6) is 5.75 Å². The number of aryl methyl sites for hydroxylation is 1. The van der Waals surface area contributed by atoms with Crippen LogP contribution in [0.1, 0.15) is 63.9 Å². The maximum Gasteiger partial charge on any atom is 0.200 e. The van der Waals surface area contributed by atoms with Gasteiger partial charge < -0.3 is 4.74 Å². The van der Waals surface area contributed by atoms with Gasteiger partial charge in [0.2, 0.25) is 5.82 Å². The average Bonchev–Trinajstić information content (AvgIpc) is 2.61. The third kappa shape index (κ3) is 4.32. The second-order valence-corrected chi connectivity index (χ2v) is 8.31. The zero-order chi connectivity index (χ0) is 18.0. The fourth-order valence-corrected chi connectivity index (χ4v) is 4.48. The largest absolute Gasteiger partial charge is 0.487 e. The molecule has 4 heteroatoms. The molecule has 3 rings (SSSR count). The first kappa shape index (κ1) is 18.6. The summed E-state index contributed by atoms with van der Waals surface area (Å²) >= 11 is 0. The van der Waals surface area contributed by atoms with Gasteiger partial charge in [-0.2, -0.15) is 4.39 Å². The molecule has 1 aromatic rings. The van der Waals surface area contributed by atoms with E-state index in [-0.39, 0.29) is 17.9 Å². The minimum atomic E-state index is -1.42. The second-order valence-electron chi connectivity index (χ2n) is 8.31. The molecule has 140 valence electrons. The summed E-state index contributed by atoms with van der Waals surface area (Å²) in [7, 11) is 0. The van der Waals surface area contributed by atoms with Crippen LogP contribution < -0.4 is 4.74 Å². The summed E-state index contributed by atoms with van der Waals surface area (Å²) < 4.78 is 47.8. The van der Waals surface area contributed by atoms with Gasteiger partial charge in [-0.05, 0) is 74.8 Å². The van der Waals surface area contributed by atoms with Crippen LogP contribution in [0.3, 0.4) is 0 Å². The van der Waals surface area contributed by atoms with Gasteiger partial charge >= 0.3 is 0 Å². The molecule has 0 heterocycles. The van der Waals surface area contributed by atoms with Crippen LogP contribution in [0.2, 0.25) is 0 Å². The van der Waals surface area contributed by atoms with Gasteiger partial charge in [0.1, 0.15) is 12.3 Å². The fourth-order valence-electron chi connectivity index (χ4n) is 4.48. The van der Waals surface area contributed by atoms with E-state index >= 15 is 4.39 Å². The number of hydrogen-bond donors (Lipinski definition) is 0. The molecular weight excluding hydrogens is 325 g/mol. The number of hydrogen-bond acceptors (Lipinski definition) is 1. The molecule has 2 aliphatic carbocycles. The van der Waals surface area contributed by atoms with Crippen molar-refractivity contribution >= 4 is 0 Å². The van der Waals surface area contributed by atoms with Gasteiger partial charge in [0, 0.05) is 0 Å². The van der Waals surface area contributed by atoms with E-state index in [1.807, 2.05) is 0 Å². The van der Waals surface area contributed by atoms with Gasteiger partial charge in [-0.25, -0.2) is 8.78 Å². The molecule has 0 amide bonds. The van der Waals surface area contributed by atoms with Crippen LogP contribution in [-0.2, 0) is 0 Å². The highest BCUT2D eigenvalue weighted by molar-refractivity contribution is 5.30. The van der Waals surface area contributed by atoms with Crippen molar-refractivity contribution in [1.29, 1.82) is 0 Å². The predicted molar refractivity (Wildman–Crippen MR) is 93.5 cm³/mol. The summed E-state index contributed by atoms with van der Waals surface area (Å²) in [5.74, 6) is 0.0614. The summed E-state index contributed by atoms with van der Waals surface area (Å²) in [6, 6.07) is 2.84. The lowest BCUT2D eigenvalue weighted by Crippen LogP contribution is -2.38. The van der Waals surface area contributed by atoms with Gasteiger partial charge in [-0.15, -0.1) is 0 Å². The molecule has 0 aliphatic heterocycles. The Hall–Kier alpha value is -1.19. The third-order valence-corrected chi connectivity index (χ3v) is 6.38. The predicted octanol–water partition coefficient (Wildman–Crippen LogP) is 6.38. The highest BCUT2D eigenvalue weighted by Crippen LogP contribution is 2.43. The second kappa shape index (κ2) is 7.59. The molecule has 0 spiro atoms. The number of ether oxygens (including phenoxy) is 1. The van der Waals surface area contributed by atoms with Crippen molar-refractivity contribution in [2.75, 3.05) is 6.61 Å². The summed E-state index contributed by atoms with van der Waals surface area (Å²) in [6.45, 7) is 3.61. The maximum atomic E-state index is 15.0. The van der Waals surface area contributed by atoms with Crippen molar-refractivity contribution in [2.45, 2.75) is 70.9 Å². The Kier molecular flexibility index (Phi) is 5.65. The quantitative estimate of drug-likeness (QED) is 0.610. The molecule has 0 saturated heterocycles. The van der Waals surface area contributed by atoms with E-state index in [1.165, 1.54) is 44.7 Å². The van der Waals surface area contributed by atoms with Gasteiger partial charge in [0.15, 0.2) is 11.6 Å². The monoisotopic (exact) mass is 354 g/mol. The Morgan fingerprint density at radius 2 is 1.56 bits per heavy atom. The first-order chi connectivity index (χ1) is 11.9. The number of rotatable bonds is 4. The normalized spacial score (nSPS) is 33.2. The third-order valence-electron chi connectivity index (χ3n) is 6.38. The van der Waals surface area contributed by atoms with Crippen LogP contribution >= 0.6 is 0 Å². The van der Waals surface area contributed by atoms with Crippen LogP contribution in [0.15, 0.2) is 12.1 Å². The maximum absolute atomic E-state index is 15.0. The van der Waals surface area contributed by atoms with E-state index in [4.69, 9.17) is 4.74 Å². The van der Waals surface area contributed by atoms with Crippen molar-refractivity contribution in [2.24, 2.45) is 17.8 Å². The van der Waals surface area contributed by atoms with Crippen molar-refractivity contribution in [1.82, 2.24) is 0 Å². The Balaban J connectivity index is 1.52. The molecule has 1 nitrogen and oxygen atoms in total. The first-order valence-corrected chi connectivity index (χ1v) is 9.64. The Morgan fingerprint density at radius 1 is 0.960 bits per heavy atom.